The number of aryl methyl sites for hydroxylation is 1. The normalized spacial score (nSPS) is 11.5. The molecule has 1 heterocycles. The molecular formula is C10H11F3N2O2. The smallest absolute Gasteiger partial charge is 0.383 e. The first-order valence-corrected chi connectivity index (χ1v) is 4.69. The zero-order valence-corrected chi connectivity index (χ0v) is 9.04. The SMILES string of the molecule is Cc1cnc(N)c(C(=O)COCC(F)(F)F)c1. The highest BCUT2D eigenvalue weighted by Crippen LogP contribution is 2.15. The number of rotatable bonds is 4. The van der Waals surface area contributed by atoms with Crippen LogP contribution in [0.15, 0.2) is 12.3 Å². The summed E-state index contributed by atoms with van der Waals surface area (Å²) < 4.78 is 39.6. The molecule has 2 N–H and O–H groups in total. The Hall–Kier alpha value is -1.63. The Morgan fingerprint density at radius 3 is 2.76 bits per heavy atom. The predicted octanol–water partition coefficient (Wildman–Crippen LogP) is 1.73. The van der Waals surface area contributed by atoms with Gasteiger partial charge in [-0.2, -0.15) is 13.2 Å². The Labute approximate surface area is 95.6 Å². The quantitative estimate of drug-likeness (QED) is 0.824. The predicted molar refractivity (Wildman–Crippen MR) is 54.6 cm³/mol. The third-order valence-corrected chi connectivity index (χ3v) is 1.85. The Bertz CT molecular complexity index is 419. The van der Waals surface area contributed by atoms with Crippen LogP contribution in [0.25, 0.3) is 0 Å². The Morgan fingerprint density at radius 1 is 1.53 bits per heavy atom. The minimum Gasteiger partial charge on any atom is -0.383 e. The molecule has 0 aliphatic rings. The molecule has 0 aliphatic carbocycles. The highest BCUT2D eigenvalue weighted by atomic mass is 19.4. The molecule has 0 saturated carbocycles. The number of Topliss-reactive ketones (excluding diaryl/α,β-unsaturated/α-hetero) is 1. The number of alkyl halides is 3. The van der Waals surface area contributed by atoms with Gasteiger partial charge < -0.3 is 10.5 Å². The highest BCUT2D eigenvalue weighted by Gasteiger charge is 2.28. The van der Waals surface area contributed by atoms with Gasteiger partial charge in [0.15, 0.2) is 5.78 Å². The second-order valence-corrected chi connectivity index (χ2v) is 3.48. The molecule has 0 fully saturated rings. The third-order valence-electron chi connectivity index (χ3n) is 1.85. The summed E-state index contributed by atoms with van der Waals surface area (Å²) in [7, 11) is 0. The summed E-state index contributed by atoms with van der Waals surface area (Å²) in [5.74, 6) is -0.640. The van der Waals surface area contributed by atoms with Crippen LogP contribution in [0.3, 0.4) is 0 Å². The summed E-state index contributed by atoms with van der Waals surface area (Å²) in [5.41, 5.74) is 6.21. The fraction of sp³-hybridized carbons (Fsp3) is 0.400. The van der Waals surface area contributed by atoms with Crippen molar-refractivity contribution in [2.75, 3.05) is 18.9 Å². The first-order valence-electron chi connectivity index (χ1n) is 4.69. The minimum atomic E-state index is -4.45. The van der Waals surface area contributed by atoms with Gasteiger partial charge in [0.2, 0.25) is 0 Å². The van der Waals surface area contributed by atoms with Gasteiger partial charge >= 0.3 is 6.18 Å². The van der Waals surface area contributed by atoms with Crippen LogP contribution in [0.1, 0.15) is 15.9 Å². The van der Waals surface area contributed by atoms with E-state index in [0.29, 0.717) is 5.56 Å². The molecule has 17 heavy (non-hydrogen) atoms. The van der Waals surface area contributed by atoms with Gasteiger partial charge in [0.1, 0.15) is 19.0 Å². The summed E-state index contributed by atoms with van der Waals surface area (Å²) >= 11 is 0. The Balaban J connectivity index is 2.61. The molecule has 94 valence electrons. The van der Waals surface area contributed by atoms with E-state index in [9.17, 15) is 18.0 Å². The Morgan fingerprint density at radius 2 is 2.18 bits per heavy atom. The van der Waals surface area contributed by atoms with Crippen LogP contribution >= 0.6 is 0 Å². The molecule has 4 nitrogen and oxygen atoms in total. The van der Waals surface area contributed by atoms with Gasteiger partial charge in [0, 0.05) is 6.20 Å². The molecule has 0 amide bonds. The van der Waals surface area contributed by atoms with Crippen LogP contribution in [-0.2, 0) is 4.74 Å². The number of nitrogen functional groups attached to an aromatic ring is 1. The summed E-state index contributed by atoms with van der Waals surface area (Å²) in [5, 5.41) is 0. The number of ketones is 1. The average molecular weight is 248 g/mol. The van der Waals surface area contributed by atoms with E-state index in [1.54, 1.807) is 6.92 Å². The van der Waals surface area contributed by atoms with Crippen molar-refractivity contribution < 1.29 is 22.7 Å². The molecule has 7 heteroatoms. The second kappa shape index (κ2) is 5.13. The van der Waals surface area contributed by atoms with Gasteiger partial charge in [-0.15, -0.1) is 0 Å². The zero-order valence-electron chi connectivity index (χ0n) is 9.04. The van der Waals surface area contributed by atoms with Crippen molar-refractivity contribution >= 4 is 11.6 Å². The van der Waals surface area contributed by atoms with Gasteiger partial charge in [0.25, 0.3) is 0 Å². The van der Waals surface area contributed by atoms with Gasteiger partial charge in [-0.25, -0.2) is 4.98 Å². The van der Waals surface area contributed by atoms with Crippen LogP contribution in [0, 0.1) is 6.92 Å². The fourth-order valence-electron chi connectivity index (χ4n) is 1.14. The van der Waals surface area contributed by atoms with Gasteiger partial charge in [-0.05, 0) is 18.6 Å². The topological polar surface area (TPSA) is 65.2 Å². The van der Waals surface area contributed by atoms with Gasteiger partial charge in [0.05, 0.1) is 5.56 Å². The lowest BCUT2D eigenvalue weighted by molar-refractivity contribution is -0.170. The van der Waals surface area contributed by atoms with E-state index in [0.717, 1.165) is 0 Å². The molecule has 1 aromatic heterocycles. The lowest BCUT2D eigenvalue weighted by atomic mass is 10.1. The van der Waals surface area contributed by atoms with E-state index in [-0.39, 0.29) is 11.4 Å². The van der Waals surface area contributed by atoms with E-state index in [1.807, 2.05) is 0 Å². The van der Waals surface area contributed by atoms with Crippen molar-refractivity contribution in [2.24, 2.45) is 0 Å². The highest BCUT2D eigenvalue weighted by molar-refractivity contribution is 6.01. The molecule has 0 atom stereocenters. The zero-order chi connectivity index (χ0) is 13.1. The Kier molecular flexibility index (Phi) is 4.06. The number of anilines is 1. The molecule has 1 aromatic rings. The van der Waals surface area contributed by atoms with Crippen molar-refractivity contribution in [2.45, 2.75) is 13.1 Å². The largest absolute Gasteiger partial charge is 0.411 e. The molecule has 0 aromatic carbocycles. The lowest BCUT2D eigenvalue weighted by Crippen LogP contribution is -2.21. The summed E-state index contributed by atoms with van der Waals surface area (Å²) in [6.45, 7) is -0.438. The fourth-order valence-corrected chi connectivity index (χ4v) is 1.14. The van der Waals surface area contributed by atoms with Crippen LogP contribution in [0.4, 0.5) is 19.0 Å². The number of nitrogens with two attached hydrogens (primary N) is 1. The van der Waals surface area contributed by atoms with Crippen molar-refractivity contribution in [3.05, 3.63) is 23.4 Å². The molecule has 0 unspecified atom stereocenters. The molecular weight excluding hydrogens is 237 g/mol. The number of hydrogen-bond acceptors (Lipinski definition) is 4. The number of aromatic nitrogens is 1. The summed E-state index contributed by atoms with van der Waals surface area (Å²) in [6, 6.07) is 1.46. The number of pyridine rings is 1. The molecule has 1 rings (SSSR count). The summed E-state index contributed by atoms with van der Waals surface area (Å²) in [6.07, 6.45) is -2.99. The average Bonchev–Trinajstić information content (AvgIpc) is 2.19. The van der Waals surface area contributed by atoms with E-state index < -0.39 is 25.2 Å². The van der Waals surface area contributed by atoms with Crippen molar-refractivity contribution in [3.63, 3.8) is 0 Å². The maximum atomic E-state index is 11.8. The lowest BCUT2D eigenvalue weighted by Gasteiger charge is -2.08. The molecule has 0 saturated heterocycles. The van der Waals surface area contributed by atoms with E-state index >= 15 is 0 Å². The van der Waals surface area contributed by atoms with Crippen LogP contribution in [0.2, 0.25) is 0 Å². The number of halogens is 3. The third kappa shape index (κ3) is 4.39. The number of ether oxygens (including phenoxy) is 1. The first kappa shape index (κ1) is 13.4. The van der Waals surface area contributed by atoms with E-state index in [1.165, 1.54) is 12.3 Å². The first-order chi connectivity index (χ1) is 7.79. The number of hydrogen-bond donors (Lipinski definition) is 1. The summed E-state index contributed by atoms with van der Waals surface area (Å²) in [4.78, 5) is 15.2. The molecule has 0 bridgehead atoms. The number of carbonyl (C=O) groups excluding carboxylic acids is 1. The maximum absolute atomic E-state index is 11.8. The number of carbonyl (C=O) groups is 1. The van der Waals surface area contributed by atoms with Crippen LogP contribution < -0.4 is 5.73 Å². The van der Waals surface area contributed by atoms with Crippen LogP contribution in [-0.4, -0.2) is 30.2 Å². The van der Waals surface area contributed by atoms with Gasteiger partial charge in [-0.1, -0.05) is 0 Å². The van der Waals surface area contributed by atoms with Crippen molar-refractivity contribution in [1.82, 2.24) is 4.98 Å². The second-order valence-electron chi connectivity index (χ2n) is 3.48. The van der Waals surface area contributed by atoms with E-state index in [2.05, 4.69) is 9.72 Å². The minimum absolute atomic E-state index is 0.0174. The molecule has 0 spiro atoms. The van der Waals surface area contributed by atoms with Gasteiger partial charge in [-0.3, -0.25) is 4.79 Å². The monoisotopic (exact) mass is 248 g/mol. The molecule has 0 aliphatic heterocycles. The van der Waals surface area contributed by atoms with Crippen LogP contribution in [0.5, 0.6) is 0 Å². The van der Waals surface area contributed by atoms with Crippen molar-refractivity contribution in [1.29, 1.82) is 0 Å². The van der Waals surface area contributed by atoms with Crippen molar-refractivity contribution in [3.8, 4) is 0 Å². The number of nitrogens with zero attached hydrogens (tertiary/aromatic N) is 1. The molecule has 0 radical (unpaired) electrons. The maximum Gasteiger partial charge on any atom is 0.411 e. The standard InChI is InChI=1S/C10H11F3N2O2/c1-6-2-7(9(14)15-3-6)8(16)4-17-5-10(11,12)13/h2-3H,4-5H2,1H3,(H2,14,15). The van der Waals surface area contributed by atoms with E-state index in [4.69, 9.17) is 5.73 Å².